The number of azide groups is 1. The molecule has 20 heavy (non-hydrogen) atoms. The average molecular weight is 274 g/mol. The standard InChI is InChI=1S/C13H13N3O4/c1-8-9(5-6-15-16-14)10-3-2-4-11(13(10)20-8)19-7-12(17)18/h2-4H,5-7H2,1H3,(H,17,18)/p-1. The first-order valence-electron chi connectivity index (χ1n) is 5.98. The van der Waals surface area contributed by atoms with E-state index in [2.05, 4.69) is 10.0 Å². The summed E-state index contributed by atoms with van der Waals surface area (Å²) in [5.74, 6) is -0.253. The Bertz CT molecular complexity index is 686. The third kappa shape index (κ3) is 2.84. The van der Waals surface area contributed by atoms with Gasteiger partial charge in [-0.3, -0.25) is 0 Å². The molecule has 0 aliphatic carbocycles. The van der Waals surface area contributed by atoms with Crippen molar-refractivity contribution in [1.29, 1.82) is 0 Å². The number of benzene rings is 1. The van der Waals surface area contributed by atoms with E-state index in [0.717, 1.165) is 10.9 Å². The van der Waals surface area contributed by atoms with E-state index in [1.54, 1.807) is 19.1 Å². The molecule has 1 aromatic heterocycles. The van der Waals surface area contributed by atoms with Crippen LogP contribution in [0.25, 0.3) is 21.4 Å². The van der Waals surface area contributed by atoms with Crippen molar-refractivity contribution >= 4 is 16.9 Å². The minimum absolute atomic E-state index is 0.329. The number of ether oxygens (including phenoxy) is 1. The molecule has 0 radical (unpaired) electrons. The fraction of sp³-hybridized carbons (Fsp3) is 0.308. The van der Waals surface area contributed by atoms with Gasteiger partial charge < -0.3 is 19.1 Å². The van der Waals surface area contributed by atoms with Crippen molar-refractivity contribution in [3.8, 4) is 5.75 Å². The Labute approximate surface area is 114 Å². The maximum atomic E-state index is 10.4. The Morgan fingerprint density at radius 1 is 1.55 bits per heavy atom. The number of para-hydroxylation sites is 1. The van der Waals surface area contributed by atoms with E-state index in [1.807, 2.05) is 6.07 Å². The molecule has 1 heterocycles. The normalized spacial score (nSPS) is 10.2. The Kier molecular flexibility index (Phi) is 4.12. The fourth-order valence-corrected chi connectivity index (χ4v) is 2.03. The number of furan rings is 1. The third-order valence-electron chi connectivity index (χ3n) is 2.85. The van der Waals surface area contributed by atoms with Crippen LogP contribution in [0.1, 0.15) is 11.3 Å². The van der Waals surface area contributed by atoms with Crippen LogP contribution < -0.4 is 9.84 Å². The summed E-state index contributed by atoms with van der Waals surface area (Å²) in [7, 11) is 0. The number of carboxylic acids is 1. The van der Waals surface area contributed by atoms with Crippen molar-refractivity contribution in [3.63, 3.8) is 0 Å². The zero-order valence-electron chi connectivity index (χ0n) is 10.8. The number of aliphatic carboxylic acids is 1. The van der Waals surface area contributed by atoms with E-state index in [0.29, 0.717) is 30.1 Å². The number of nitrogens with zero attached hydrogens (tertiary/aromatic N) is 3. The minimum Gasteiger partial charge on any atom is -0.546 e. The summed E-state index contributed by atoms with van der Waals surface area (Å²) < 4.78 is 10.8. The van der Waals surface area contributed by atoms with Crippen molar-refractivity contribution in [2.45, 2.75) is 13.3 Å². The van der Waals surface area contributed by atoms with Crippen LogP contribution in [0.5, 0.6) is 5.75 Å². The largest absolute Gasteiger partial charge is 0.546 e. The first kappa shape index (κ1) is 13.8. The number of rotatable bonds is 6. The second-order valence-corrected chi connectivity index (χ2v) is 4.13. The number of fused-ring (bicyclic) bond motifs is 1. The number of hydrogen-bond donors (Lipinski definition) is 0. The van der Waals surface area contributed by atoms with Crippen LogP contribution in [0.15, 0.2) is 27.7 Å². The summed E-state index contributed by atoms with van der Waals surface area (Å²) in [6, 6.07) is 5.23. The summed E-state index contributed by atoms with van der Waals surface area (Å²) in [6.07, 6.45) is 0.548. The van der Waals surface area contributed by atoms with Crippen LogP contribution in [0.3, 0.4) is 0 Å². The molecule has 0 spiro atoms. The van der Waals surface area contributed by atoms with Gasteiger partial charge in [0.05, 0.1) is 5.97 Å². The van der Waals surface area contributed by atoms with Gasteiger partial charge in [-0.2, -0.15) is 0 Å². The van der Waals surface area contributed by atoms with Crippen molar-refractivity contribution in [3.05, 3.63) is 40.0 Å². The van der Waals surface area contributed by atoms with E-state index >= 15 is 0 Å². The first-order chi connectivity index (χ1) is 9.63. The molecular formula is C13H12N3O4-. The summed E-state index contributed by atoms with van der Waals surface area (Å²) in [6.45, 7) is 1.59. The Balaban J connectivity index is 2.36. The predicted molar refractivity (Wildman–Crippen MR) is 69.2 cm³/mol. The van der Waals surface area contributed by atoms with Crippen LogP contribution in [0.4, 0.5) is 0 Å². The monoisotopic (exact) mass is 274 g/mol. The number of carbonyl (C=O) groups is 1. The molecule has 7 heteroatoms. The van der Waals surface area contributed by atoms with Crippen molar-refractivity contribution in [2.24, 2.45) is 5.11 Å². The van der Waals surface area contributed by atoms with Crippen molar-refractivity contribution < 1.29 is 19.1 Å². The minimum atomic E-state index is -1.30. The molecule has 2 rings (SSSR count). The summed E-state index contributed by atoms with van der Waals surface area (Å²) >= 11 is 0. The summed E-state index contributed by atoms with van der Waals surface area (Å²) in [4.78, 5) is 13.2. The lowest BCUT2D eigenvalue weighted by atomic mass is 10.1. The Hall–Kier alpha value is -2.66. The summed E-state index contributed by atoms with van der Waals surface area (Å²) in [5, 5.41) is 14.8. The smallest absolute Gasteiger partial charge is 0.176 e. The van der Waals surface area contributed by atoms with Gasteiger partial charge in [0.25, 0.3) is 0 Å². The van der Waals surface area contributed by atoms with Crippen LogP contribution in [-0.4, -0.2) is 19.1 Å². The van der Waals surface area contributed by atoms with Crippen molar-refractivity contribution in [1.82, 2.24) is 0 Å². The molecule has 0 aliphatic rings. The Morgan fingerprint density at radius 3 is 3.05 bits per heavy atom. The number of carboxylic acid groups (broad SMARTS) is 1. The molecule has 0 amide bonds. The SMILES string of the molecule is Cc1oc2c(OCC(=O)[O-])cccc2c1CCN=[N+]=[N-]. The van der Waals surface area contributed by atoms with Gasteiger partial charge in [0.1, 0.15) is 12.4 Å². The molecule has 0 N–H and O–H groups in total. The van der Waals surface area contributed by atoms with E-state index in [4.69, 9.17) is 14.7 Å². The molecule has 0 unspecified atom stereocenters. The van der Waals surface area contributed by atoms with Crippen molar-refractivity contribution in [2.75, 3.05) is 13.2 Å². The molecular weight excluding hydrogens is 262 g/mol. The van der Waals surface area contributed by atoms with E-state index in [9.17, 15) is 9.90 Å². The lowest BCUT2D eigenvalue weighted by molar-refractivity contribution is -0.307. The molecule has 0 aliphatic heterocycles. The van der Waals surface area contributed by atoms with E-state index in [-0.39, 0.29) is 0 Å². The lowest BCUT2D eigenvalue weighted by Crippen LogP contribution is -2.28. The van der Waals surface area contributed by atoms with Gasteiger partial charge in [0.2, 0.25) is 0 Å². The molecule has 2 aromatic rings. The second-order valence-electron chi connectivity index (χ2n) is 4.13. The predicted octanol–water partition coefficient (Wildman–Crippen LogP) is 1.72. The van der Waals surface area contributed by atoms with Gasteiger partial charge in [-0.25, -0.2) is 0 Å². The quantitative estimate of drug-likeness (QED) is 0.453. The van der Waals surface area contributed by atoms with Gasteiger partial charge in [-0.05, 0) is 24.9 Å². The second kappa shape index (κ2) is 5.99. The van der Waals surface area contributed by atoms with Crippen LogP contribution in [-0.2, 0) is 11.2 Å². The zero-order chi connectivity index (χ0) is 14.5. The first-order valence-corrected chi connectivity index (χ1v) is 5.98. The number of aryl methyl sites for hydroxylation is 1. The zero-order valence-corrected chi connectivity index (χ0v) is 10.8. The van der Waals surface area contributed by atoms with Crippen LogP contribution in [0.2, 0.25) is 0 Å². The lowest BCUT2D eigenvalue weighted by Gasteiger charge is -2.06. The molecule has 104 valence electrons. The van der Waals surface area contributed by atoms with Gasteiger partial charge in [-0.15, -0.1) is 0 Å². The highest BCUT2D eigenvalue weighted by atomic mass is 16.5. The molecule has 1 aromatic carbocycles. The number of hydrogen-bond acceptors (Lipinski definition) is 5. The molecule has 0 saturated heterocycles. The average Bonchev–Trinajstić information content (AvgIpc) is 2.73. The molecule has 0 fully saturated rings. The molecule has 0 bridgehead atoms. The maximum absolute atomic E-state index is 10.4. The third-order valence-corrected chi connectivity index (χ3v) is 2.85. The highest BCUT2D eigenvalue weighted by Crippen LogP contribution is 2.32. The van der Waals surface area contributed by atoms with Crippen LogP contribution >= 0.6 is 0 Å². The van der Waals surface area contributed by atoms with Crippen LogP contribution in [0, 0.1) is 6.92 Å². The molecule has 0 atom stereocenters. The van der Waals surface area contributed by atoms with E-state index in [1.165, 1.54) is 0 Å². The maximum Gasteiger partial charge on any atom is 0.176 e. The summed E-state index contributed by atoms with van der Waals surface area (Å²) in [5.41, 5.74) is 9.71. The number of carbonyl (C=O) groups excluding carboxylic acids is 1. The Morgan fingerprint density at radius 2 is 2.35 bits per heavy atom. The highest BCUT2D eigenvalue weighted by molar-refractivity contribution is 5.87. The van der Waals surface area contributed by atoms with Gasteiger partial charge >= 0.3 is 0 Å². The molecule has 7 nitrogen and oxygen atoms in total. The topological polar surface area (TPSA) is 111 Å². The van der Waals surface area contributed by atoms with Gasteiger partial charge in [-0.1, -0.05) is 17.2 Å². The molecule has 0 saturated carbocycles. The highest BCUT2D eigenvalue weighted by Gasteiger charge is 2.14. The van der Waals surface area contributed by atoms with Gasteiger partial charge in [0.15, 0.2) is 11.3 Å². The van der Waals surface area contributed by atoms with E-state index < -0.39 is 12.6 Å². The fourth-order valence-electron chi connectivity index (χ4n) is 2.03. The van der Waals surface area contributed by atoms with Gasteiger partial charge in [0, 0.05) is 22.4 Å².